The van der Waals surface area contributed by atoms with E-state index in [1.165, 1.54) is 24.0 Å². The lowest BCUT2D eigenvalue weighted by Crippen LogP contribution is -2.46. The summed E-state index contributed by atoms with van der Waals surface area (Å²) < 4.78 is 27.8. The predicted octanol–water partition coefficient (Wildman–Crippen LogP) is 3.61. The van der Waals surface area contributed by atoms with Gasteiger partial charge in [0, 0.05) is 32.1 Å². The fourth-order valence-corrected chi connectivity index (χ4v) is 6.82. The lowest BCUT2D eigenvalue weighted by atomic mass is 9.86. The Bertz CT molecular complexity index is 851. The van der Waals surface area contributed by atoms with Gasteiger partial charge in [-0.1, -0.05) is 13.0 Å². The number of nitrogens with zero attached hydrogens (tertiary/aromatic N) is 2. The third-order valence-corrected chi connectivity index (χ3v) is 9.29. The van der Waals surface area contributed by atoms with Crippen LogP contribution in [0.25, 0.3) is 0 Å². The van der Waals surface area contributed by atoms with E-state index < -0.39 is 10.0 Å². The number of hydrogen-bond donors (Lipinski definition) is 0. The summed E-state index contributed by atoms with van der Waals surface area (Å²) in [4.78, 5) is 15.4. The van der Waals surface area contributed by atoms with Crippen LogP contribution in [0.5, 0.6) is 0 Å². The number of benzene rings is 1. The van der Waals surface area contributed by atoms with Crippen LogP contribution >= 0.6 is 0 Å². The largest absolute Gasteiger partial charge is 0.343 e. The highest BCUT2D eigenvalue weighted by Gasteiger charge is 2.35. The summed E-state index contributed by atoms with van der Waals surface area (Å²) >= 11 is 0. The molecule has 0 N–H and O–H groups in total. The molecule has 5 nitrogen and oxygen atoms in total. The van der Waals surface area contributed by atoms with Gasteiger partial charge in [-0.05, 0) is 87.0 Å². The van der Waals surface area contributed by atoms with Gasteiger partial charge in [0.2, 0.25) is 15.9 Å². The molecule has 0 bridgehead atoms. The summed E-state index contributed by atoms with van der Waals surface area (Å²) in [5.74, 6) is 0.923. The number of carbonyl (C=O) groups is 1. The van der Waals surface area contributed by atoms with Crippen molar-refractivity contribution in [3.8, 4) is 0 Å². The number of rotatable bonds is 4. The first-order chi connectivity index (χ1) is 13.9. The first kappa shape index (κ1) is 20.9. The second-order valence-corrected chi connectivity index (χ2v) is 11.3. The molecule has 3 aliphatic rings. The van der Waals surface area contributed by atoms with E-state index in [0.29, 0.717) is 36.9 Å². The molecule has 2 fully saturated rings. The third-order valence-electron chi connectivity index (χ3n) is 7.39. The van der Waals surface area contributed by atoms with Crippen molar-refractivity contribution in [1.82, 2.24) is 9.21 Å². The number of sulfonamides is 1. The van der Waals surface area contributed by atoms with Crippen molar-refractivity contribution in [3.63, 3.8) is 0 Å². The second-order valence-electron chi connectivity index (χ2n) is 9.33. The zero-order valence-corrected chi connectivity index (χ0v) is 18.6. The Morgan fingerprint density at radius 2 is 1.66 bits per heavy atom. The molecule has 6 heteroatoms. The highest BCUT2D eigenvalue weighted by atomic mass is 32.2. The number of fused-ring (bicyclic) bond motifs is 1. The van der Waals surface area contributed by atoms with Gasteiger partial charge in [-0.25, -0.2) is 8.42 Å². The number of amides is 1. The molecule has 4 rings (SSSR count). The van der Waals surface area contributed by atoms with Gasteiger partial charge in [0.1, 0.15) is 0 Å². The van der Waals surface area contributed by atoms with Crippen molar-refractivity contribution in [2.75, 3.05) is 20.1 Å². The van der Waals surface area contributed by atoms with E-state index >= 15 is 0 Å². The maximum absolute atomic E-state index is 13.1. The van der Waals surface area contributed by atoms with Crippen LogP contribution in [-0.4, -0.2) is 49.7 Å². The minimum absolute atomic E-state index is 0.0502. The number of carbonyl (C=O) groups excluding carboxylic acids is 1. The Labute approximate surface area is 175 Å². The molecule has 1 saturated heterocycles. The SMILES string of the molecule is CC1CCC(N(C)C(=O)C2CCN(S(=O)(=O)c3ccc4c(c3)CCC4)CC2)CC1. The molecule has 0 spiro atoms. The predicted molar refractivity (Wildman–Crippen MR) is 114 cm³/mol. The molecule has 0 radical (unpaired) electrons. The Kier molecular flexibility index (Phi) is 6.03. The lowest BCUT2D eigenvalue weighted by Gasteiger charge is -2.37. The molecular weight excluding hydrogens is 384 g/mol. The van der Waals surface area contributed by atoms with Crippen LogP contribution in [-0.2, 0) is 27.7 Å². The summed E-state index contributed by atoms with van der Waals surface area (Å²) in [6.07, 6.45) is 8.95. The van der Waals surface area contributed by atoms with Crippen LogP contribution < -0.4 is 0 Å². The quantitative estimate of drug-likeness (QED) is 0.750. The first-order valence-electron chi connectivity index (χ1n) is 11.2. The van der Waals surface area contributed by atoms with Gasteiger partial charge >= 0.3 is 0 Å². The van der Waals surface area contributed by atoms with Gasteiger partial charge in [-0.3, -0.25) is 4.79 Å². The summed E-state index contributed by atoms with van der Waals surface area (Å²) in [6.45, 7) is 3.16. The van der Waals surface area contributed by atoms with E-state index in [1.807, 2.05) is 24.1 Å². The number of aryl methyl sites for hydroxylation is 2. The Hall–Kier alpha value is -1.40. The number of hydrogen-bond acceptors (Lipinski definition) is 3. The number of piperidine rings is 1. The fraction of sp³-hybridized carbons (Fsp3) is 0.696. The van der Waals surface area contributed by atoms with Crippen molar-refractivity contribution >= 4 is 15.9 Å². The molecule has 0 aromatic heterocycles. The monoisotopic (exact) mass is 418 g/mol. The van der Waals surface area contributed by atoms with Gasteiger partial charge in [-0.15, -0.1) is 0 Å². The summed E-state index contributed by atoms with van der Waals surface area (Å²) in [5.41, 5.74) is 2.47. The molecular formula is C23H34N2O3S. The van der Waals surface area contributed by atoms with Gasteiger partial charge < -0.3 is 4.90 Å². The molecule has 1 heterocycles. The van der Waals surface area contributed by atoms with E-state index in [1.54, 1.807) is 10.4 Å². The Morgan fingerprint density at radius 1 is 1.00 bits per heavy atom. The minimum Gasteiger partial charge on any atom is -0.343 e. The van der Waals surface area contributed by atoms with Gasteiger partial charge in [0.05, 0.1) is 4.90 Å². The zero-order valence-electron chi connectivity index (χ0n) is 17.8. The molecule has 1 aromatic carbocycles. The summed E-state index contributed by atoms with van der Waals surface area (Å²) in [7, 11) is -1.53. The lowest BCUT2D eigenvalue weighted by molar-refractivity contribution is -0.138. The summed E-state index contributed by atoms with van der Waals surface area (Å²) in [6, 6.07) is 5.96. The van der Waals surface area contributed by atoms with Crippen molar-refractivity contribution in [2.24, 2.45) is 11.8 Å². The van der Waals surface area contributed by atoms with Gasteiger partial charge in [0.25, 0.3) is 0 Å². The van der Waals surface area contributed by atoms with E-state index in [4.69, 9.17) is 0 Å². The maximum Gasteiger partial charge on any atom is 0.243 e. The molecule has 29 heavy (non-hydrogen) atoms. The van der Waals surface area contributed by atoms with Crippen molar-refractivity contribution in [1.29, 1.82) is 0 Å². The second kappa shape index (κ2) is 8.38. The zero-order chi connectivity index (χ0) is 20.6. The topological polar surface area (TPSA) is 57.7 Å². The van der Waals surface area contributed by atoms with E-state index in [9.17, 15) is 13.2 Å². The molecule has 160 valence electrons. The standard InChI is InChI=1S/C23H34N2O3S/c1-17-6-9-21(10-7-17)24(2)23(26)19-12-14-25(15-13-19)29(27,28)22-11-8-18-4-3-5-20(18)16-22/h8,11,16-17,19,21H,3-7,9-10,12-15H2,1-2H3. The van der Waals surface area contributed by atoms with Crippen LogP contribution in [0.1, 0.15) is 63.0 Å². The maximum atomic E-state index is 13.1. The van der Waals surface area contributed by atoms with Crippen molar-refractivity contribution in [2.45, 2.75) is 75.6 Å². The van der Waals surface area contributed by atoms with Gasteiger partial charge in [-0.2, -0.15) is 4.31 Å². The first-order valence-corrected chi connectivity index (χ1v) is 12.7. The summed E-state index contributed by atoms with van der Waals surface area (Å²) in [5, 5.41) is 0. The molecule has 1 saturated carbocycles. The van der Waals surface area contributed by atoms with Crippen LogP contribution in [0.4, 0.5) is 0 Å². The normalized spacial score (nSPS) is 26.3. The highest BCUT2D eigenvalue weighted by Crippen LogP contribution is 2.31. The van der Waals surface area contributed by atoms with Crippen LogP contribution in [0, 0.1) is 11.8 Å². The van der Waals surface area contributed by atoms with Crippen LogP contribution in [0.15, 0.2) is 23.1 Å². The Balaban J connectivity index is 1.36. The average Bonchev–Trinajstić information content (AvgIpc) is 3.21. The molecule has 1 amide bonds. The molecule has 0 unspecified atom stereocenters. The molecule has 0 atom stereocenters. The van der Waals surface area contributed by atoms with Crippen LogP contribution in [0.3, 0.4) is 0 Å². The van der Waals surface area contributed by atoms with Crippen molar-refractivity contribution in [3.05, 3.63) is 29.3 Å². The highest BCUT2D eigenvalue weighted by molar-refractivity contribution is 7.89. The van der Waals surface area contributed by atoms with E-state index in [0.717, 1.165) is 38.0 Å². The third kappa shape index (κ3) is 4.24. The smallest absolute Gasteiger partial charge is 0.243 e. The van der Waals surface area contributed by atoms with Crippen molar-refractivity contribution < 1.29 is 13.2 Å². The van der Waals surface area contributed by atoms with E-state index in [-0.39, 0.29) is 11.8 Å². The molecule has 1 aromatic rings. The molecule has 2 aliphatic carbocycles. The average molecular weight is 419 g/mol. The molecule has 1 aliphatic heterocycles. The fourth-order valence-electron chi connectivity index (χ4n) is 5.30. The minimum atomic E-state index is -3.47. The van der Waals surface area contributed by atoms with Gasteiger partial charge in [0.15, 0.2) is 0 Å². The van der Waals surface area contributed by atoms with Crippen LogP contribution in [0.2, 0.25) is 0 Å². The Morgan fingerprint density at radius 3 is 2.34 bits per heavy atom. The van der Waals surface area contributed by atoms with E-state index in [2.05, 4.69) is 6.92 Å².